The maximum atomic E-state index is 6.34. The standard InChI is InChI=1S/C17H15ClN2O3/c1-21-13-8-11(9-14(22-2)15(13)23-3)12-7-10-5-4-6-19-17(10)20-16(12)18/h4-9H,1-3H3. The summed E-state index contributed by atoms with van der Waals surface area (Å²) in [6, 6.07) is 9.42. The molecular weight excluding hydrogens is 316 g/mol. The zero-order valence-electron chi connectivity index (χ0n) is 13.0. The van der Waals surface area contributed by atoms with E-state index in [0.29, 0.717) is 28.0 Å². The third kappa shape index (κ3) is 2.75. The van der Waals surface area contributed by atoms with Crippen molar-refractivity contribution in [3.05, 3.63) is 41.7 Å². The van der Waals surface area contributed by atoms with Crippen molar-refractivity contribution in [2.75, 3.05) is 21.3 Å². The van der Waals surface area contributed by atoms with Gasteiger partial charge < -0.3 is 14.2 Å². The quantitative estimate of drug-likeness (QED) is 0.677. The van der Waals surface area contributed by atoms with Crippen LogP contribution in [0.5, 0.6) is 17.2 Å². The number of nitrogens with zero attached hydrogens (tertiary/aromatic N) is 2. The number of benzene rings is 1. The number of hydrogen-bond donors (Lipinski definition) is 0. The molecule has 1 aromatic carbocycles. The van der Waals surface area contributed by atoms with Gasteiger partial charge in [0.25, 0.3) is 0 Å². The van der Waals surface area contributed by atoms with Crippen LogP contribution >= 0.6 is 11.6 Å². The molecule has 0 aliphatic rings. The Morgan fingerprint density at radius 2 is 1.65 bits per heavy atom. The van der Waals surface area contributed by atoms with E-state index in [2.05, 4.69) is 9.97 Å². The normalized spacial score (nSPS) is 10.6. The average molecular weight is 331 g/mol. The van der Waals surface area contributed by atoms with E-state index >= 15 is 0 Å². The van der Waals surface area contributed by atoms with E-state index in [1.54, 1.807) is 27.5 Å². The molecule has 0 atom stereocenters. The average Bonchev–Trinajstić information content (AvgIpc) is 2.59. The van der Waals surface area contributed by atoms with Gasteiger partial charge in [-0.15, -0.1) is 0 Å². The number of pyridine rings is 2. The summed E-state index contributed by atoms with van der Waals surface area (Å²) in [5.74, 6) is 1.65. The van der Waals surface area contributed by atoms with Gasteiger partial charge in [-0.05, 0) is 35.9 Å². The molecule has 6 heteroatoms. The van der Waals surface area contributed by atoms with Crippen LogP contribution in [0.2, 0.25) is 5.15 Å². The Labute approximate surface area is 138 Å². The van der Waals surface area contributed by atoms with Gasteiger partial charge in [0, 0.05) is 17.1 Å². The number of fused-ring (bicyclic) bond motifs is 1. The zero-order valence-corrected chi connectivity index (χ0v) is 13.7. The Bertz CT molecular complexity index is 843. The van der Waals surface area contributed by atoms with Crippen LogP contribution in [0.25, 0.3) is 22.2 Å². The second-order valence-corrected chi connectivity index (χ2v) is 5.15. The Morgan fingerprint density at radius 3 is 2.26 bits per heavy atom. The van der Waals surface area contributed by atoms with Gasteiger partial charge in [0.2, 0.25) is 5.75 Å². The molecule has 0 aliphatic heterocycles. The summed E-state index contributed by atoms with van der Waals surface area (Å²) >= 11 is 6.34. The lowest BCUT2D eigenvalue weighted by Crippen LogP contribution is -1.96. The molecule has 0 unspecified atom stereocenters. The first-order valence-electron chi connectivity index (χ1n) is 6.89. The van der Waals surface area contributed by atoms with E-state index < -0.39 is 0 Å². The monoisotopic (exact) mass is 330 g/mol. The molecule has 23 heavy (non-hydrogen) atoms. The van der Waals surface area contributed by atoms with Crippen molar-refractivity contribution in [3.63, 3.8) is 0 Å². The molecule has 5 nitrogen and oxygen atoms in total. The van der Waals surface area contributed by atoms with Gasteiger partial charge in [0.15, 0.2) is 17.1 Å². The minimum Gasteiger partial charge on any atom is -0.493 e. The first-order chi connectivity index (χ1) is 11.2. The Hall–Kier alpha value is -2.53. The highest BCUT2D eigenvalue weighted by Crippen LogP contribution is 2.42. The maximum Gasteiger partial charge on any atom is 0.203 e. The molecule has 0 spiro atoms. The van der Waals surface area contributed by atoms with Crippen molar-refractivity contribution in [3.8, 4) is 28.4 Å². The molecule has 2 heterocycles. The molecule has 0 fully saturated rings. The molecule has 0 saturated heterocycles. The number of ether oxygens (including phenoxy) is 3. The minimum absolute atomic E-state index is 0.366. The van der Waals surface area contributed by atoms with Gasteiger partial charge >= 0.3 is 0 Å². The van der Waals surface area contributed by atoms with E-state index in [9.17, 15) is 0 Å². The Balaban J connectivity index is 2.23. The van der Waals surface area contributed by atoms with Crippen LogP contribution in [0, 0.1) is 0 Å². The summed E-state index contributed by atoms with van der Waals surface area (Å²) in [6.07, 6.45) is 1.69. The molecule has 0 saturated carbocycles. The summed E-state index contributed by atoms with van der Waals surface area (Å²) < 4.78 is 16.1. The van der Waals surface area contributed by atoms with Crippen molar-refractivity contribution in [2.45, 2.75) is 0 Å². The molecular formula is C17H15ClN2O3. The predicted octanol–water partition coefficient (Wildman–Crippen LogP) is 3.98. The van der Waals surface area contributed by atoms with E-state index in [0.717, 1.165) is 16.5 Å². The minimum atomic E-state index is 0.366. The highest BCUT2D eigenvalue weighted by molar-refractivity contribution is 6.32. The number of methoxy groups -OCH3 is 3. The lowest BCUT2D eigenvalue weighted by molar-refractivity contribution is 0.324. The molecule has 118 valence electrons. The Morgan fingerprint density at radius 1 is 0.957 bits per heavy atom. The topological polar surface area (TPSA) is 53.5 Å². The first-order valence-corrected chi connectivity index (χ1v) is 7.27. The summed E-state index contributed by atoms with van der Waals surface area (Å²) in [5.41, 5.74) is 2.20. The van der Waals surface area contributed by atoms with Crippen LogP contribution in [0.1, 0.15) is 0 Å². The molecule has 0 N–H and O–H groups in total. The van der Waals surface area contributed by atoms with E-state index in [1.807, 2.05) is 30.3 Å². The van der Waals surface area contributed by atoms with E-state index in [-0.39, 0.29) is 0 Å². The number of aromatic nitrogens is 2. The lowest BCUT2D eigenvalue weighted by atomic mass is 10.0. The number of hydrogen-bond acceptors (Lipinski definition) is 5. The fraction of sp³-hybridized carbons (Fsp3) is 0.176. The zero-order chi connectivity index (χ0) is 16.4. The van der Waals surface area contributed by atoms with Gasteiger partial charge in [-0.25, -0.2) is 9.97 Å². The van der Waals surface area contributed by atoms with Gasteiger partial charge in [0.1, 0.15) is 5.15 Å². The van der Waals surface area contributed by atoms with Gasteiger partial charge in [-0.1, -0.05) is 11.6 Å². The highest BCUT2D eigenvalue weighted by Gasteiger charge is 2.16. The van der Waals surface area contributed by atoms with Crippen molar-refractivity contribution >= 4 is 22.6 Å². The molecule has 3 rings (SSSR count). The van der Waals surface area contributed by atoms with E-state index in [4.69, 9.17) is 25.8 Å². The second-order valence-electron chi connectivity index (χ2n) is 4.79. The third-order valence-electron chi connectivity index (χ3n) is 3.52. The molecule has 0 amide bonds. The second kappa shape index (κ2) is 6.30. The van der Waals surface area contributed by atoms with Crippen LogP contribution in [-0.2, 0) is 0 Å². The summed E-state index contributed by atoms with van der Waals surface area (Å²) in [7, 11) is 4.72. The van der Waals surface area contributed by atoms with E-state index in [1.165, 1.54) is 0 Å². The molecule has 0 radical (unpaired) electrons. The first kappa shape index (κ1) is 15.4. The summed E-state index contributed by atoms with van der Waals surface area (Å²) in [4.78, 5) is 8.55. The Kier molecular flexibility index (Phi) is 4.21. The fourth-order valence-electron chi connectivity index (χ4n) is 2.42. The SMILES string of the molecule is COc1cc(-c2cc3cccnc3nc2Cl)cc(OC)c1OC. The van der Waals surface area contributed by atoms with Crippen LogP contribution in [0.4, 0.5) is 0 Å². The van der Waals surface area contributed by atoms with Crippen LogP contribution in [0.15, 0.2) is 36.5 Å². The largest absolute Gasteiger partial charge is 0.493 e. The summed E-state index contributed by atoms with van der Waals surface area (Å²) in [5, 5.41) is 1.27. The molecule has 0 bridgehead atoms. The van der Waals surface area contributed by atoms with Crippen LogP contribution in [-0.4, -0.2) is 31.3 Å². The van der Waals surface area contributed by atoms with Crippen molar-refractivity contribution < 1.29 is 14.2 Å². The van der Waals surface area contributed by atoms with Crippen LogP contribution in [0.3, 0.4) is 0 Å². The van der Waals surface area contributed by atoms with Crippen molar-refractivity contribution in [1.82, 2.24) is 9.97 Å². The van der Waals surface area contributed by atoms with Crippen LogP contribution < -0.4 is 14.2 Å². The smallest absolute Gasteiger partial charge is 0.203 e. The van der Waals surface area contributed by atoms with Gasteiger partial charge in [-0.2, -0.15) is 0 Å². The van der Waals surface area contributed by atoms with Gasteiger partial charge in [0.05, 0.1) is 21.3 Å². The fourth-order valence-corrected chi connectivity index (χ4v) is 2.67. The molecule has 3 aromatic rings. The molecule has 2 aromatic heterocycles. The lowest BCUT2D eigenvalue weighted by Gasteiger charge is -2.15. The summed E-state index contributed by atoms with van der Waals surface area (Å²) in [6.45, 7) is 0. The molecule has 0 aliphatic carbocycles. The number of halogens is 1. The highest BCUT2D eigenvalue weighted by atomic mass is 35.5. The number of rotatable bonds is 4. The predicted molar refractivity (Wildman–Crippen MR) is 89.6 cm³/mol. The third-order valence-corrected chi connectivity index (χ3v) is 3.81. The van der Waals surface area contributed by atoms with Crippen molar-refractivity contribution in [1.29, 1.82) is 0 Å². The van der Waals surface area contributed by atoms with Crippen molar-refractivity contribution in [2.24, 2.45) is 0 Å². The van der Waals surface area contributed by atoms with Gasteiger partial charge in [-0.3, -0.25) is 0 Å². The maximum absolute atomic E-state index is 6.34.